The van der Waals surface area contributed by atoms with Crippen molar-refractivity contribution in [2.75, 3.05) is 24.6 Å². The van der Waals surface area contributed by atoms with Crippen molar-refractivity contribution in [2.24, 2.45) is 0 Å². The molecule has 1 aliphatic heterocycles. The summed E-state index contributed by atoms with van der Waals surface area (Å²) in [6.07, 6.45) is 6.92. The van der Waals surface area contributed by atoms with Gasteiger partial charge in [0.25, 0.3) is 0 Å². The minimum atomic E-state index is -0.126. The van der Waals surface area contributed by atoms with Crippen LogP contribution in [0, 0.1) is 0 Å². The summed E-state index contributed by atoms with van der Waals surface area (Å²) < 4.78 is 7.25. The second-order valence-corrected chi connectivity index (χ2v) is 7.10. The molecule has 8 nitrogen and oxygen atoms in total. The third-order valence-electron chi connectivity index (χ3n) is 5.11. The molecule has 0 unspecified atom stereocenters. The second kappa shape index (κ2) is 8.89. The van der Waals surface area contributed by atoms with Crippen molar-refractivity contribution in [3.8, 4) is 5.75 Å². The fourth-order valence-corrected chi connectivity index (χ4v) is 3.69. The second-order valence-electron chi connectivity index (χ2n) is 7.10. The lowest BCUT2D eigenvalue weighted by atomic mass is 10.1. The SMILES string of the molecule is CCOc1ccccc1CNC(=O)Cn1ncc2c(N3CCCCC3)ncnc21. The zero-order valence-electron chi connectivity index (χ0n) is 16.7. The number of hydrogen-bond acceptors (Lipinski definition) is 6. The van der Waals surface area contributed by atoms with E-state index in [1.165, 1.54) is 19.3 Å². The molecule has 0 bridgehead atoms. The monoisotopic (exact) mass is 394 g/mol. The average Bonchev–Trinajstić information content (AvgIpc) is 3.17. The molecule has 1 aromatic carbocycles. The van der Waals surface area contributed by atoms with E-state index in [0.29, 0.717) is 18.8 Å². The maximum atomic E-state index is 12.5. The van der Waals surface area contributed by atoms with Gasteiger partial charge in [0.2, 0.25) is 5.91 Å². The number of ether oxygens (including phenoxy) is 1. The molecular weight excluding hydrogens is 368 g/mol. The van der Waals surface area contributed by atoms with Gasteiger partial charge in [0.05, 0.1) is 18.2 Å². The first kappa shape index (κ1) is 19.2. The Morgan fingerprint density at radius 1 is 1.17 bits per heavy atom. The molecule has 0 saturated carbocycles. The number of nitrogens with one attached hydrogen (secondary N) is 1. The number of aromatic nitrogens is 4. The van der Waals surface area contributed by atoms with Crippen LogP contribution >= 0.6 is 0 Å². The van der Waals surface area contributed by atoms with Crippen molar-refractivity contribution in [3.05, 3.63) is 42.4 Å². The third kappa shape index (κ3) is 4.31. The molecule has 4 rings (SSSR count). The molecule has 1 N–H and O–H groups in total. The van der Waals surface area contributed by atoms with Crippen LogP contribution in [0.4, 0.5) is 5.82 Å². The molecule has 29 heavy (non-hydrogen) atoms. The minimum Gasteiger partial charge on any atom is -0.494 e. The van der Waals surface area contributed by atoms with E-state index in [1.807, 2.05) is 31.2 Å². The Hall–Kier alpha value is -3.16. The standard InChI is InChI=1S/C21H26N6O2/c1-2-29-18-9-5-4-8-16(18)12-22-19(28)14-27-21-17(13-25-27)20(23-15-24-21)26-10-6-3-7-11-26/h4-5,8-9,13,15H,2-3,6-7,10-12,14H2,1H3,(H,22,28). The van der Waals surface area contributed by atoms with E-state index < -0.39 is 0 Å². The van der Waals surface area contributed by atoms with Crippen LogP contribution in [0.1, 0.15) is 31.7 Å². The van der Waals surface area contributed by atoms with Gasteiger partial charge in [-0.15, -0.1) is 0 Å². The molecular formula is C21H26N6O2. The number of piperidine rings is 1. The zero-order chi connectivity index (χ0) is 20.1. The molecule has 1 fully saturated rings. The molecule has 3 aromatic rings. The topological polar surface area (TPSA) is 85.2 Å². The van der Waals surface area contributed by atoms with Crippen LogP contribution in [0.3, 0.4) is 0 Å². The van der Waals surface area contributed by atoms with Crippen LogP contribution in [-0.2, 0) is 17.9 Å². The van der Waals surface area contributed by atoms with Crippen LogP contribution in [-0.4, -0.2) is 45.4 Å². The Labute approximate surface area is 169 Å². The van der Waals surface area contributed by atoms with E-state index in [9.17, 15) is 4.79 Å². The van der Waals surface area contributed by atoms with Gasteiger partial charge in [-0.1, -0.05) is 18.2 Å². The van der Waals surface area contributed by atoms with Gasteiger partial charge >= 0.3 is 0 Å². The molecule has 1 aliphatic rings. The van der Waals surface area contributed by atoms with Crippen LogP contribution in [0.25, 0.3) is 11.0 Å². The summed E-state index contributed by atoms with van der Waals surface area (Å²) >= 11 is 0. The zero-order valence-corrected chi connectivity index (χ0v) is 16.7. The molecule has 0 radical (unpaired) electrons. The van der Waals surface area contributed by atoms with E-state index in [0.717, 1.165) is 35.6 Å². The normalized spacial score (nSPS) is 14.2. The number of amides is 1. The van der Waals surface area contributed by atoms with Gasteiger partial charge in [-0.05, 0) is 32.3 Å². The Morgan fingerprint density at radius 2 is 2.00 bits per heavy atom. The Balaban J connectivity index is 1.45. The molecule has 8 heteroatoms. The number of benzene rings is 1. The van der Waals surface area contributed by atoms with E-state index in [1.54, 1.807) is 17.2 Å². The van der Waals surface area contributed by atoms with Crippen LogP contribution in [0.2, 0.25) is 0 Å². The Bertz CT molecular complexity index is 980. The van der Waals surface area contributed by atoms with Crippen molar-refractivity contribution in [2.45, 2.75) is 39.3 Å². The van der Waals surface area contributed by atoms with Gasteiger partial charge in [0, 0.05) is 25.2 Å². The van der Waals surface area contributed by atoms with Gasteiger partial charge < -0.3 is 15.0 Å². The van der Waals surface area contributed by atoms with Crippen molar-refractivity contribution < 1.29 is 9.53 Å². The van der Waals surface area contributed by atoms with Crippen molar-refractivity contribution in [3.63, 3.8) is 0 Å². The van der Waals surface area contributed by atoms with E-state index >= 15 is 0 Å². The average molecular weight is 394 g/mol. The predicted octanol–water partition coefficient (Wildman–Crippen LogP) is 2.53. The first-order valence-electron chi connectivity index (χ1n) is 10.1. The van der Waals surface area contributed by atoms with Gasteiger partial charge in [0.15, 0.2) is 5.65 Å². The number of rotatable bonds is 7. The molecule has 1 amide bonds. The molecule has 3 heterocycles. The first-order valence-corrected chi connectivity index (χ1v) is 10.1. The first-order chi connectivity index (χ1) is 14.3. The van der Waals surface area contributed by atoms with Crippen molar-refractivity contribution in [1.29, 1.82) is 0 Å². The summed E-state index contributed by atoms with van der Waals surface area (Å²) in [6, 6.07) is 7.72. The molecule has 0 spiro atoms. The van der Waals surface area contributed by atoms with E-state index in [4.69, 9.17) is 4.74 Å². The number of carbonyl (C=O) groups excluding carboxylic acids is 1. The quantitative estimate of drug-likeness (QED) is 0.663. The number of fused-ring (bicyclic) bond motifs is 1. The lowest BCUT2D eigenvalue weighted by Crippen LogP contribution is -2.30. The summed E-state index contributed by atoms with van der Waals surface area (Å²) in [5.41, 5.74) is 1.63. The van der Waals surface area contributed by atoms with Gasteiger partial charge in [0.1, 0.15) is 24.4 Å². The largest absolute Gasteiger partial charge is 0.494 e. The fourth-order valence-electron chi connectivity index (χ4n) is 3.69. The van der Waals surface area contributed by atoms with E-state index in [2.05, 4.69) is 25.3 Å². The molecule has 152 valence electrons. The molecule has 0 atom stereocenters. The van der Waals surface area contributed by atoms with Crippen molar-refractivity contribution >= 4 is 22.8 Å². The Morgan fingerprint density at radius 3 is 2.83 bits per heavy atom. The highest BCUT2D eigenvalue weighted by molar-refractivity contribution is 5.87. The highest BCUT2D eigenvalue weighted by Gasteiger charge is 2.18. The van der Waals surface area contributed by atoms with E-state index in [-0.39, 0.29) is 12.5 Å². The highest BCUT2D eigenvalue weighted by Crippen LogP contribution is 2.25. The predicted molar refractivity (Wildman–Crippen MR) is 111 cm³/mol. The van der Waals surface area contributed by atoms with Crippen LogP contribution in [0.5, 0.6) is 5.75 Å². The fraction of sp³-hybridized carbons (Fsp3) is 0.429. The van der Waals surface area contributed by atoms with Crippen LogP contribution in [0.15, 0.2) is 36.8 Å². The third-order valence-corrected chi connectivity index (χ3v) is 5.11. The van der Waals surface area contributed by atoms with Crippen LogP contribution < -0.4 is 15.0 Å². The maximum Gasteiger partial charge on any atom is 0.242 e. The lowest BCUT2D eigenvalue weighted by Gasteiger charge is -2.27. The van der Waals surface area contributed by atoms with Gasteiger partial charge in [-0.2, -0.15) is 5.10 Å². The maximum absolute atomic E-state index is 12.5. The van der Waals surface area contributed by atoms with Gasteiger partial charge in [-0.3, -0.25) is 4.79 Å². The number of carbonyl (C=O) groups is 1. The summed E-state index contributed by atoms with van der Waals surface area (Å²) in [6.45, 7) is 5.04. The number of para-hydroxylation sites is 1. The molecule has 0 aliphatic carbocycles. The summed E-state index contributed by atoms with van der Waals surface area (Å²) in [7, 11) is 0. The lowest BCUT2D eigenvalue weighted by molar-refractivity contribution is -0.121. The smallest absolute Gasteiger partial charge is 0.242 e. The molecule has 1 saturated heterocycles. The summed E-state index contributed by atoms with van der Waals surface area (Å²) in [4.78, 5) is 23.6. The minimum absolute atomic E-state index is 0.108. The summed E-state index contributed by atoms with van der Waals surface area (Å²) in [5, 5.41) is 8.23. The number of anilines is 1. The Kier molecular flexibility index (Phi) is 5.88. The van der Waals surface area contributed by atoms with Gasteiger partial charge in [-0.25, -0.2) is 14.6 Å². The highest BCUT2D eigenvalue weighted by atomic mass is 16.5. The van der Waals surface area contributed by atoms with Crippen molar-refractivity contribution in [1.82, 2.24) is 25.1 Å². The summed E-state index contributed by atoms with van der Waals surface area (Å²) in [5.74, 6) is 1.57. The molecule has 2 aromatic heterocycles. The number of hydrogen-bond donors (Lipinski definition) is 1. The number of nitrogens with zero attached hydrogens (tertiary/aromatic N) is 5.